The number of hydrogen-bond acceptors (Lipinski definition) is 4. The van der Waals surface area contributed by atoms with E-state index in [9.17, 15) is 9.59 Å². The van der Waals surface area contributed by atoms with Crippen LogP contribution in [0.15, 0.2) is 30.3 Å². The Morgan fingerprint density at radius 1 is 1.09 bits per heavy atom. The number of rotatable bonds is 8. The van der Waals surface area contributed by atoms with Crippen LogP contribution in [0.5, 0.6) is 0 Å². The van der Waals surface area contributed by atoms with Gasteiger partial charge in [-0.25, -0.2) is 4.79 Å². The van der Waals surface area contributed by atoms with Crippen LogP contribution in [0.3, 0.4) is 0 Å². The van der Waals surface area contributed by atoms with Gasteiger partial charge in [-0.05, 0) is 39.2 Å². The molecule has 2 amide bonds. The highest BCUT2D eigenvalue weighted by Gasteiger charge is 2.15. The molecule has 1 aromatic carbocycles. The van der Waals surface area contributed by atoms with Gasteiger partial charge in [0.05, 0.1) is 13.5 Å². The number of carbonyl (C=O) groups is 2. The van der Waals surface area contributed by atoms with Gasteiger partial charge in [-0.15, -0.1) is 0 Å². The Morgan fingerprint density at radius 3 is 2.36 bits per heavy atom. The molecule has 0 fully saturated rings. The SMILES string of the molecule is COC(=O)CCN(CCCN(C)C)C(=O)Nc1ccccc1. The summed E-state index contributed by atoms with van der Waals surface area (Å²) in [6, 6.07) is 9.07. The van der Waals surface area contributed by atoms with Crippen LogP contribution < -0.4 is 5.32 Å². The van der Waals surface area contributed by atoms with E-state index in [0.717, 1.165) is 18.7 Å². The number of methoxy groups -OCH3 is 1. The Kier molecular flexibility index (Phi) is 7.99. The van der Waals surface area contributed by atoms with E-state index in [4.69, 9.17) is 0 Å². The van der Waals surface area contributed by atoms with Gasteiger partial charge >= 0.3 is 12.0 Å². The topological polar surface area (TPSA) is 61.9 Å². The second kappa shape index (κ2) is 9.78. The Morgan fingerprint density at radius 2 is 1.77 bits per heavy atom. The molecule has 6 heteroatoms. The van der Waals surface area contributed by atoms with Crippen molar-refractivity contribution in [2.45, 2.75) is 12.8 Å². The van der Waals surface area contributed by atoms with Crippen molar-refractivity contribution in [2.24, 2.45) is 0 Å². The third-order valence-corrected chi connectivity index (χ3v) is 3.16. The van der Waals surface area contributed by atoms with Crippen molar-refractivity contribution in [2.75, 3.05) is 46.2 Å². The zero-order chi connectivity index (χ0) is 16.4. The highest BCUT2D eigenvalue weighted by atomic mass is 16.5. The quantitative estimate of drug-likeness (QED) is 0.747. The number of anilines is 1. The fourth-order valence-electron chi connectivity index (χ4n) is 1.95. The zero-order valence-corrected chi connectivity index (χ0v) is 13.5. The Hall–Kier alpha value is -2.08. The summed E-state index contributed by atoms with van der Waals surface area (Å²) in [6.45, 7) is 1.82. The summed E-state index contributed by atoms with van der Waals surface area (Å²) in [5.41, 5.74) is 0.739. The molecule has 0 aromatic heterocycles. The van der Waals surface area contributed by atoms with Crippen molar-refractivity contribution < 1.29 is 14.3 Å². The minimum Gasteiger partial charge on any atom is -0.469 e. The lowest BCUT2D eigenvalue weighted by molar-refractivity contribution is -0.140. The highest BCUT2D eigenvalue weighted by molar-refractivity contribution is 5.89. The van der Waals surface area contributed by atoms with Crippen LogP contribution in [0.25, 0.3) is 0 Å². The number of esters is 1. The van der Waals surface area contributed by atoms with Gasteiger partial charge in [0.1, 0.15) is 0 Å². The third kappa shape index (κ3) is 7.08. The van der Waals surface area contributed by atoms with Crippen LogP contribution in [-0.2, 0) is 9.53 Å². The average Bonchev–Trinajstić information content (AvgIpc) is 2.50. The number of benzene rings is 1. The van der Waals surface area contributed by atoms with E-state index in [1.54, 1.807) is 4.90 Å². The number of ether oxygens (including phenoxy) is 1. The smallest absolute Gasteiger partial charge is 0.321 e. The second-order valence-corrected chi connectivity index (χ2v) is 5.27. The predicted molar refractivity (Wildman–Crippen MR) is 86.8 cm³/mol. The van der Waals surface area contributed by atoms with E-state index in [1.165, 1.54) is 7.11 Å². The molecule has 0 spiro atoms. The number of nitrogens with one attached hydrogen (secondary N) is 1. The Balaban J connectivity index is 2.57. The van der Waals surface area contributed by atoms with E-state index in [2.05, 4.69) is 15.0 Å². The van der Waals surface area contributed by atoms with E-state index in [0.29, 0.717) is 13.1 Å². The summed E-state index contributed by atoms with van der Waals surface area (Å²) in [5.74, 6) is -0.315. The van der Waals surface area contributed by atoms with E-state index in [-0.39, 0.29) is 18.4 Å². The van der Waals surface area contributed by atoms with E-state index in [1.807, 2.05) is 44.4 Å². The Labute approximate surface area is 132 Å². The minimum atomic E-state index is -0.315. The van der Waals surface area contributed by atoms with Gasteiger partial charge in [0, 0.05) is 18.8 Å². The van der Waals surface area contributed by atoms with Crippen LogP contribution >= 0.6 is 0 Å². The molecule has 0 atom stereocenters. The van der Waals surface area contributed by atoms with Crippen molar-refractivity contribution in [3.63, 3.8) is 0 Å². The van der Waals surface area contributed by atoms with Crippen LogP contribution in [0.2, 0.25) is 0 Å². The molecule has 0 aliphatic carbocycles. The molecule has 1 N–H and O–H groups in total. The maximum atomic E-state index is 12.3. The van der Waals surface area contributed by atoms with E-state index < -0.39 is 0 Å². The third-order valence-electron chi connectivity index (χ3n) is 3.16. The molecule has 0 saturated carbocycles. The van der Waals surface area contributed by atoms with E-state index >= 15 is 0 Å². The van der Waals surface area contributed by atoms with Gasteiger partial charge < -0.3 is 19.9 Å². The summed E-state index contributed by atoms with van der Waals surface area (Å²) in [4.78, 5) is 27.3. The molecule has 0 aliphatic rings. The summed E-state index contributed by atoms with van der Waals surface area (Å²) in [7, 11) is 5.33. The lowest BCUT2D eigenvalue weighted by Crippen LogP contribution is -2.38. The zero-order valence-electron chi connectivity index (χ0n) is 13.5. The molecule has 22 heavy (non-hydrogen) atoms. The van der Waals surface area contributed by atoms with Crippen LogP contribution in [0.1, 0.15) is 12.8 Å². The first-order chi connectivity index (χ1) is 10.5. The van der Waals surface area contributed by atoms with Crippen molar-refractivity contribution in [3.05, 3.63) is 30.3 Å². The van der Waals surface area contributed by atoms with Crippen LogP contribution in [-0.4, -0.2) is 62.6 Å². The average molecular weight is 307 g/mol. The number of nitrogens with zero attached hydrogens (tertiary/aromatic N) is 2. The maximum absolute atomic E-state index is 12.3. The number of amides is 2. The van der Waals surface area contributed by atoms with Gasteiger partial charge in [0.15, 0.2) is 0 Å². The van der Waals surface area contributed by atoms with Gasteiger partial charge in [0.2, 0.25) is 0 Å². The molecule has 1 rings (SSSR count). The molecule has 6 nitrogen and oxygen atoms in total. The summed E-state index contributed by atoms with van der Waals surface area (Å²) < 4.78 is 4.64. The maximum Gasteiger partial charge on any atom is 0.321 e. The number of carbonyl (C=O) groups excluding carboxylic acids is 2. The van der Waals surface area contributed by atoms with Crippen molar-refractivity contribution in [3.8, 4) is 0 Å². The van der Waals surface area contributed by atoms with Gasteiger partial charge in [0.25, 0.3) is 0 Å². The van der Waals surface area contributed by atoms with Crippen LogP contribution in [0, 0.1) is 0 Å². The first kappa shape index (κ1) is 18.0. The standard InChI is InChI=1S/C16H25N3O3/c1-18(2)11-7-12-19(13-10-15(20)22-3)16(21)17-14-8-5-4-6-9-14/h4-6,8-9H,7,10-13H2,1-3H3,(H,17,21). The molecule has 0 bridgehead atoms. The summed E-state index contributed by atoms with van der Waals surface area (Å²) in [6.07, 6.45) is 1.04. The minimum absolute atomic E-state index is 0.195. The summed E-state index contributed by atoms with van der Waals surface area (Å²) in [5, 5.41) is 2.84. The van der Waals surface area contributed by atoms with Crippen molar-refractivity contribution in [1.29, 1.82) is 0 Å². The molecule has 0 radical (unpaired) electrons. The first-order valence-electron chi connectivity index (χ1n) is 7.35. The molecule has 122 valence electrons. The monoisotopic (exact) mass is 307 g/mol. The number of urea groups is 1. The van der Waals surface area contributed by atoms with Gasteiger partial charge in [-0.1, -0.05) is 18.2 Å². The number of para-hydroxylation sites is 1. The molecule has 0 saturated heterocycles. The van der Waals surface area contributed by atoms with Crippen molar-refractivity contribution in [1.82, 2.24) is 9.80 Å². The molecule has 1 aromatic rings. The largest absolute Gasteiger partial charge is 0.469 e. The highest BCUT2D eigenvalue weighted by Crippen LogP contribution is 2.07. The molecule has 0 aliphatic heterocycles. The van der Waals surface area contributed by atoms with Gasteiger partial charge in [-0.2, -0.15) is 0 Å². The lowest BCUT2D eigenvalue weighted by Gasteiger charge is -2.23. The molecule has 0 heterocycles. The van der Waals surface area contributed by atoms with Gasteiger partial charge in [-0.3, -0.25) is 4.79 Å². The molecular weight excluding hydrogens is 282 g/mol. The lowest BCUT2D eigenvalue weighted by atomic mass is 10.3. The second-order valence-electron chi connectivity index (χ2n) is 5.27. The first-order valence-corrected chi connectivity index (χ1v) is 7.35. The predicted octanol–water partition coefficient (Wildman–Crippen LogP) is 2.04. The fraction of sp³-hybridized carbons (Fsp3) is 0.500. The molecule has 0 unspecified atom stereocenters. The van der Waals surface area contributed by atoms with Crippen LogP contribution in [0.4, 0.5) is 10.5 Å². The summed E-state index contributed by atoms with van der Waals surface area (Å²) >= 11 is 0. The van der Waals surface area contributed by atoms with Crippen molar-refractivity contribution >= 4 is 17.7 Å². The normalized spacial score (nSPS) is 10.4. The fourth-order valence-corrected chi connectivity index (χ4v) is 1.95. The number of hydrogen-bond donors (Lipinski definition) is 1. The molecular formula is C16H25N3O3. The Bertz CT molecular complexity index is 463.